The van der Waals surface area contributed by atoms with Crippen LogP contribution in [-0.4, -0.2) is 53.9 Å². The van der Waals surface area contributed by atoms with Gasteiger partial charge in [0.15, 0.2) is 0 Å². The van der Waals surface area contributed by atoms with E-state index in [2.05, 4.69) is 0 Å². The maximum absolute atomic E-state index is 12.1. The summed E-state index contributed by atoms with van der Waals surface area (Å²) in [6, 6.07) is 0. The predicted molar refractivity (Wildman–Crippen MR) is 76.0 cm³/mol. The van der Waals surface area contributed by atoms with Gasteiger partial charge in [0.05, 0.1) is 12.0 Å². The molecule has 120 valence electrons. The number of likely N-dealkylation sites (tertiary alicyclic amines) is 1. The molecule has 2 fully saturated rings. The summed E-state index contributed by atoms with van der Waals surface area (Å²) in [5.74, 6) is -0.531. The van der Waals surface area contributed by atoms with Gasteiger partial charge in [-0.3, -0.25) is 4.79 Å². The lowest BCUT2D eigenvalue weighted by molar-refractivity contribution is -0.149. The van der Waals surface area contributed by atoms with Crippen LogP contribution in [0.2, 0.25) is 0 Å². The molecule has 0 radical (unpaired) electrons. The summed E-state index contributed by atoms with van der Waals surface area (Å²) in [5.41, 5.74) is -1.54. The Morgan fingerprint density at radius 2 is 2.00 bits per heavy atom. The fourth-order valence-corrected chi connectivity index (χ4v) is 4.51. The van der Waals surface area contributed by atoms with E-state index >= 15 is 0 Å². The molecule has 2 aliphatic rings. The zero-order valence-electron chi connectivity index (χ0n) is 12.3. The summed E-state index contributed by atoms with van der Waals surface area (Å²) in [7, 11) is 1.20. The molecular formula is C12H19ClN2O5S. The maximum atomic E-state index is 12.1. The van der Waals surface area contributed by atoms with Crippen LogP contribution >= 0.6 is 10.7 Å². The van der Waals surface area contributed by atoms with E-state index in [4.69, 9.17) is 15.4 Å². The van der Waals surface area contributed by atoms with Gasteiger partial charge in [-0.05, 0) is 33.6 Å². The van der Waals surface area contributed by atoms with Gasteiger partial charge < -0.3 is 9.64 Å². The molecule has 2 rings (SSSR count). The molecule has 9 heteroatoms. The number of nitrogens with zero attached hydrogens (tertiary/aromatic N) is 2. The fourth-order valence-electron chi connectivity index (χ4n) is 2.86. The molecule has 1 spiro atoms. The van der Waals surface area contributed by atoms with Crippen molar-refractivity contribution in [3.63, 3.8) is 0 Å². The average molecular weight is 339 g/mol. The number of hydrogen-bond donors (Lipinski definition) is 0. The van der Waals surface area contributed by atoms with Crippen LogP contribution in [0.1, 0.15) is 40.0 Å². The molecule has 1 unspecified atom stereocenters. The Bertz CT molecular complexity index is 571. The number of carbonyl (C=O) groups excluding carboxylic acids is 2. The van der Waals surface area contributed by atoms with Gasteiger partial charge in [-0.25, -0.2) is 9.10 Å². The van der Waals surface area contributed by atoms with Crippen molar-refractivity contribution in [2.24, 2.45) is 0 Å². The minimum absolute atomic E-state index is 0.0816. The topological polar surface area (TPSA) is 84.0 Å². The zero-order chi connectivity index (χ0) is 16.1. The second kappa shape index (κ2) is 5.01. The molecule has 2 amide bonds. The Morgan fingerprint density at radius 3 is 2.48 bits per heavy atom. The molecule has 0 bridgehead atoms. The summed E-state index contributed by atoms with van der Waals surface area (Å²) < 4.78 is 29.1. The van der Waals surface area contributed by atoms with E-state index in [9.17, 15) is 18.0 Å². The Labute approximate surface area is 128 Å². The minimum Gasteiger partial charge on any atom is -0.444 e. The lowest BCUT2D eigenvalue weighted by Gasteiger charge is -2.53. The van der Waals surface area contributed by atoms with Crippen LogP contribution in [0.4, 0.5) is 4.79 Å². The van der Waals surface area contributed by atoms with Gasteiger partial charge in [-0.15, -0.1) is 0 Å². The molecule has 0 aliphatic carbocycles. The molecular weight excluding hydrogens is 320 g/mol. The molecule has 0 aromatic carbocycles. The van der Waals surface area contributed by atoms with Gasteiger partial charge in [-0.2, -0.15) is 8.42 Å². The number of β-lactam (4-membered cyclic amide) rings is 1. The third-order valence-electron chi connectivity index (χ3n) is 3.56. The summed E-state index contributed by atoms with van der Waals surface area (Å²) in [4.78, 5) is 25.1. The SMILES string of the molecule is CC(C)(C)OC(=O)N1CCCC2(CC(=O)N2S(=O)(=O)Cl)C1. The fraction of sp³-hybridized carbons (Fsp3) is 0.833. The summed E-state index contributed by atoms with van der Waals surface area (Å²) in [6.45, 7) is 5.87. The van der Waals surface area contributed by atoms with E-state index in [1.807, 2.05) is 0 Å². The summed E-state index contributed by atoms with van der Waals surface area (Å²) in [5, 5.41) is 0. The van der Waals surface area contributed by atoms with Gasteiger partial charge in [0.2, 0.25) is 5.91 Å². The highest BCUT2D eigenvalue weighted by molar-refractivity contribution is 8.12. The summed E-state index contributed by atoms with van der Waals surface area (Å²) >= 11 is 0. The van der Waals surface area contributed by atoms with Gasteiger partial charge >= 0.3 is 15.3 Å². The van der Waals surface area contributed by atoms with E-state index in [1.54, 1.807) is 20.8 Å². The number of rotatable bonds is 1. The number of carbonyl (C=O) groups is 2. The highest BCUT2D eigenvalue weighted by Crippen LogP contribution is 2.42. The van der Waals surface area contributed by atoms with Crippen molar-refractivity contribution < 1.29 is 22.7 Å². The Kier molecular flexibility index (Phi) is 3.90. The first-order valence-corrected chi connectivity index (χ1v) is 8.97. The van der Waals surface area contributed by atoms with Crippen LogP contribution in [0, 0.1) is 0 Å². The smallest absolute Gasteiger partial charge is 0.410 e. The number of amides is 2. The molecule has 7 nitrogen and oxygen atoms in total. The number of hydrogen-bond acceptors (Lipinski definition) is 5. The van der Waals surface area contributed by atoms with Crippen molar-refractivity contribution in [2.75, 3.05) is 13.1 Å². The monoisotopic (exact) mass is 338 g/mol. The van der Waals surface area contributed by atoms with E-state index in [0.29, 0.717) is 23.7 Å². The first-order chi connectivity index (χ1) is 9.45. The van der Waals surface area contributed by atoms with Gasteiger partial charge in [0.25, 0.3) is 0 Å². The normalized spacial score (nSPS) is 26.8. The third kappa shape index (κ3) is 3.26. The molecule has 21 heavy (non-hydrogen) atoms. The lowest BCUT2D eigenvalue weighted by Crippen LogP contribution is -2.70. The average Bonchev–Trinajstić information content (AvgIpc) is 2.23. The van der Waals surface area contributed by atoms with E-state index in [1.165, 1.54) is 4.90 Å². The van der Waals surface area contributed by atoms with Crippen molar-refractivity contribution in [1.82, 2.24) is 9.21 Å². The van der Waals surface area contributed by atoms with Crippen LogP contribution < -0.4 is 0 Å². The van der Waals surface area contributed by atoms with Crippen molar-refractivity contribution in [1.29, 1.82) is 0 Å². The zero-order valence-corrected chi connectivity index (χ0v) is 13.8. The second-order valence-corrected chi connectivity index (χ2v) is 8.87. The molecule has 0 N–H and O–H groups in total. The first kappa shape index (κ1) is 16.4. The van der Waals surface area contributed by atoms with E-state index < -0.39 is 32.4 Å². The number of ether oxygens (including phenoxy) is 1. The lowest BCUT2D eigenvalue weighted by atomic mass is 9.80. The van der Waals surface area contributed by atoms with Crippen molar-refractivity contribution >= 4 is 31.9 Å². The molecule has 0 aromatic rings. The molecule has 0 aromatic heterocycles. The minimum atomic E-state index is -4.13. The third-order valence-corrected chi connectivity index (χ3v) is 5.00. The van der Waals surface area contributed by atoms with Crippen molar-refractivity contribution in [3.05, 3.63) is 0 Å². The largest absolute Gasteiger partial charge is 0.444 e. The van der Waals surface area contributed by atoms with Crippen molar-refractivity contribution in [2.45, 2.75) is 51.2 Å². The van der Waals surface area contributed by atoms with E-state index in [-0.39, 0.29) is 13.0 Å². The molecule has 2 heterocycles. The molecule has 2 saturated heterocycles. The molecule has 2 aliphatic heterocycles. The standard InChI is InChI=1S/C12H19ClN2O5S/c1-11(2,3)20-10(17)14-6-4-5-12(8-14)7-9(16)15(12)21(13,18)19/h4-8H2,1-3H3. The van der Waals surface area contributed by atoms with Gasteiger partial charge in [-0.1, -0.05) is 0 Å². The first-order valence-electron chi connectivity index (χ1n) is 6.70. The van der Waals surface area contributed by atoms with Crippen LogP contribution in [0.3, 0.4) is 0 Å². The van der Waals surface area contributed by atoms with Crippen LogP contribution in [-0.2, 0) is 18.8 Å². The number of halogens is 1. The van der Waals surface area contributed by atoms with Gasteiger partial charge in [0, 0.05) is 23.8 Å². The Morgan fingerprint density at radius 1 is 1.38 bits per heavy atom. The highest BCUT2D eigenvalue weighted by Gasteiger charge is 2.58. The van der Waals surface area contributed by atoms with Crippen molar-refractivity contribution in [3.8, 4) is 0 Å². The maximum Gasteiger partial charge on any atom is 0.410 e. The second-order valence-electron chi connectivity index (χ2n) is 6.51. The Balaban J connectivity index is 2.15. The predicted octanol–water partition coefficient (Wildman–Crippen LogP) is 1.47. The molecule has 1 atom stereocenters. The van der Waals surface area contributed by atoms with E-state index in [0.717, 1.165) is 0 Å². The quantitative estimate of drug-likeness (QED) is 0.534. The van der Waals surface area contributed by atoms with Crippen LogP contribution in [0.15, 0.2) is 0 Å². The number of piperidine rings is 1. The summed E-state index contributed by atoms with van der Waals surface area (Å²) in [6.07, 6.45) is 0.672. The highest BCUT2D eigenvalue weighted by atomic mass is 35.7. The Hall–Kier alpha value is -1.02. The molecule has 0 saturated carbocycles. The van der Waals surface area contributed by atoms with Crippen LogP contribution in [0.5, 0.6) is 0 Å². The van der Waals surface area contributed by atoms with Crippen LogP contribution in [0.25, 0.3) is 0 Å². The van der Waals surface area contributed by atoms with Gasteiger partial charge in [0.1, 0.15) is 5.60 Å².